The van der Waals surface area contributed by atoms with Gasteiger partial charge in [-0.25, -0.2) is 4.79 Å². The van der Waals surface area contributed by atoms with Crippen molar-refractivity contribution in [1.82, 2.24) is 0 Å². The van der Waals surface area contributed by atoms with Gasteiger partial charge in [0.05, 0.1) is 5.56 Å². The van der Waals surface area contributed by atoms with E-state index >= 15 is 0 Å². The number of aryl methyl sites for hydroxylation is 1. The molecular formula is C29H42O5. The normalized spacial score (nSPS) is 31.0. The van der Waals surface area contributed by atoms with Crippen molar-refractivity contribution < 1.29 is 19.1 Å². The van der Waals surface area contributed by atoms with E-state index in [4.69, 9.17) is 9.15 Å². The monoisotopic (exact) mass is 470 g/mol. The fourth-order valence-corrected chi connectivity index (χ4v) is 6.90. The maximum absolute atomic E-state index is 12.7. The minimum atomic E-state index is -0.459. The maximum Gasteiger partial charge on any atom is 0.342 e. The average molecular weight is 471 g/mol. The Morgan fingerprint density at radius 2 is 1.91 bits per heavy atom. The van der Waals surface area contributed by atoms with Crippen LogP contribution >= 0.6 is 0 Å². The smallest absolute Gasteiger partial charge is 0.342 e. The largest absolute Gasteiger partial charge is 0.507 e. The van der Waals surface area contributed by atoms with Gasteiger partial charge in [0, 0.05) is 17.9 Å². The Morgan fingerprint density at radius 3 is 2.53 bits per heavy atom. The highest BCUT2D eigenvalue weighted by atomic mass is 16.5. The van der Waals surface area contributed by atoms with Crippen molar-refractivity contribution in [1.29, 1.82) is 0 Å². The van der Waals surface area contributed by atoms with Crippen LogP contribution in [0.2, 0.25) is 0 Å². The molecule has 0 saturated heterocycles. The van der Waals surface area contributed by atoms with E-state index in [1.54, 1.807) is 13.8 Å². The number of carbonyl (C=O) groups is 1. The van der Waals surface area contributed by atoms with Gasteiger partial charge in [-0.15, -0.1) is 0 Å². The lowest BCUT2D eigenvalue weighted by Gasteiger charge is -2.61. The lowest BCUT2D eigenvalue weighted by atomic mass is 9.45. The summed E-state index contributed by atoms with van der Waals surface area (Å²) in [5.41, 5.74) is 2.63. The molecule has 2 aliphatic rings. The Balaban J connectivity index is 2.02. The zero-order valence-corrected chi connectivity index (χ0v) is 22.0. The molecule has 0 radical (unpaired) electrons. The predicted molar refractivity (Wildman–Crippen MR) is 135 cm³/mol. The van der Waals surface area contributed by atoms with Gasteiger partial charge >= 0.3 is 11.6 Å². The number of fused-ring (bicyclic) bond motifs is 1. The molecule has 2 saturated carbocycles. The number of esters is 1. The Labute approximate surface area is 204 Å². The SMILES string of the molecule is C=C1CC[C@H]2[C@](C)(CCC=C(C)C)[C@@H](OC(C)=O)CC[C@]2(C)C1Cc1c(O)c(C)c(C)oc1=O. The number of rotatable bonds is 6. The highest BCUT2D eigenvalue weighted by Crippen LogP contribution is 2.63. The molecule has 0 aliphatic heterocycles. The second-order valence-corrected chi connectivity index (χ2v) is 11.4. The molecule has 1 aromatic rings. The van der Waals surface area contributed by atoms with Gasteiger partial charge in [0.25, 0.3) is 0 Å². The molecule has 188 valence electrons. The fourth-order valence-electron chi connectivity index (χ4n) is 6.90. The zero-order valence-electron chi connectivity index (χ0n) is 22.0. The lowest BCUT2D eigenvalue weighted by molar-refractivity contribution is -0.178. The van der Waals surface area contributed by atoms with Gasteiger partial charge in [-0.1, -0.05) is 37.6 Å². The van der Waals surface area contributed by atoms with Crippen molar-refractivity contribution in [2.75, 3.05) is 0 Å². The number of hydrogen-bond acceptors (Lipinski definition) is 5. The van der Waals surface area contributed by atoms with E-state index in [0.29, 0.717) is 29.2 Å². The summed E-state index contributed by atoms with van der Waals surface area (Å²) in [5, 5.41) is 10.8. The first-order chi connectivity index (χ1) is 15.8. The second kappa shape index (κ2) is 9.75. The minimum absolute atomic E-state index is 0.0446. The third kappa shape index (κ3) is 4.76. The molecule has 0 aromatic carbocycles. The van der Waals surface area contributed by atoms with Crippen molar-refractivity contribution in [3.63, 3.8) is 0 Å². The highest BCUT2D eigenvalue weighted by Gasteiger charge is 2.58. The van der Waals surface area contributed by atoms with Crippen LogP contribution in [0.25, 0.3) is 0 Å². The van der Waals surface area contributed by atoms with E-state index in [2.05, 4.69) is 40.3 Å². The van der Waals surface area contributed by atoms with Gasteiger partial charge < -0.3 is 14.3 Å². The molecule has 5 atom stereocenters. The summed E-state index contributed by atoms with van der Waals surface area (Å²) in [7, 11) is 0. The van der Waals surface area contributed by atoms with Gasteiger partial charge in [-0.2, -0.15) is 0 Å². The van der Waals surface area contributed by atoms with Crippen LogP contribution in [0.15, 0.2) is 33.0 Å². The maximum atomic E-state index is 12.7. The molecule has 0 bridgehead atoms. The predicted octanol–water partition coefficient (Wildman–Crippen LogP) is 6.57. The molecule has 1 heterocycles. The fraction of sp³-hybridized carbons (Fsp3) is 0.655. The Morgan fingerprint density at radius 1 is 1.24 bits per heavy atom. The number of allylic oxidation sites excluding steroid dienone is 3. The van der Waals surface area contributed by atoms with E-state index < -0.39 is 5.63 Å². The van der Waals surface area contributed by atoms with Gasteiger partial charge in [-0.3, -0.25) is 4.79 Å². The quantitative estimate of drug-likeness (QED) is 0.376. The average Bonchev–Trinajstić information content (AvgIpc) is 2.73. The molecule has 3 rings (SSSR count). The van der Waals surface area contributed by atoms with E-state index in [1.807, 2.05) is 0 Å². The summed E-state index contributed by atoms with van der Waals surface area (Å²) in [5.74, 6) is 0.623. The molecule has 2 fully saturated rings. The molecule has 5 nitrogen and oxygen atoms in total. The molecule has 1 N–H and O–H groups in total. The van der Waals surface area contributed by atoms with Crippen LogP contribution in [0.3, 0.4) is 0 Å². The number of hydrogen-bond donors (Lipinski definition) is 1. The molecule has 34 heavy (non-hydrogen) atoms. The standard InChI is InChI=1S/C29H42O5/c1-17(2)10-9-14-29(8)24-12-11-18(3)23(28(24,7)15-13-25(29)34-21(6)30)16-22-26(31)19(4)20(5)33-27(22)32/h10,23-25,31H,3,9,11-16H2,1-2,4-8H3/t23?,24-,25+,28-,29+/m1/s1. The van der Waals surface area contributed by atoms with E-state index in [0.717, 1.165) is 44.1 Å². The van der Waals surface area contributed by atoms with Crippen LogP contribution in [-0.2, 0) is 16.0 Å². The zero-order chi connectivity index (χ0) is 25.4. The van der Waals surface area contributed by atoms with Crippen LogP contribution in [-0.4, -0.2) is 17.2 Å². The molecular weight excluding hydrogens is 428 g/mol. The van der Waals surface area contributed by atoms with Gasteiger partial charge in [0.1, 0.15) is 17.6 Å². The third-order valence-electron chi connectivity index (χ3n) is 8.93. The van der Waals surface area contributed by atoms with Gasteiger partial charge in [-0.05, 0) is 89.9 Å². The Hall–Kier alpha value is -2.30. The van der Waals surface area contributed by atoms with Crippen LogP contribution in [0.1, 0.15) is 90.0 Å². The Kier molecular flexibility index (Phi) is 7.54. The summed E-state index contributed by atoms with van der Waals surface area (Å²) in [6.07, 6.45) is 7.96. The summed E-state index contributed by atoms with van der Waals surface area (Å²) in [4.78, 5) is 24.7. The summed E-state index contributed by atoms with van der Waals surface area (Å²) in [6, 6.07) is 0. The van der Waals surface area contributed by atoms with Gasteiger partial charge in [0.2, 0.25) is 0 Å². The lowest BCUT2D eigenvalue weighted by Crippen LogP contribution is -2.57. The van der Waals surface area contributed by atoms with E-state index in [1.165, 1.54) is 12.5 Å². The van der Waals surface area contributed by atoms with Crippen molar-refractivity contribution in [3.05, 3.63) is 51.1 Å². The third-order valence-corrected chi connectivity index (χ3v) is 8.93. The van der Waals surface area contributed by atoms with Crippen LogP contribution in [0.4, 0.5) is 0 Å². The van der Waals surface area contributed by atoms with Crippen molar-refractivity contribution >= 4 is 5.97 Å². The number of ether oxygens (including phenoxy) is 1. The molecule has 5 heteroatoms. The summed E-state index contributed by atoms with van der Waals surface area (Å²) < 4.78 is 11.4. The first-order valence-electron chi connectivity index (χ1n) is 12.6. The minimum Gasteiger partial charge on any atom is -0.507 e. The molecule has 2 aliphatic carbocycles. The van der Waals surface area contributed by atoms with Crippen molar-refractivity contribution in [2.24, 2.45) is 22.7 Å². The molecule has 0 spiro atoms. The van der Waals surface area contributed by atoms with E-state index in [9.17, 15) is 14.7 Å². The van der Waals surface area contributed by atoms with Crippen LogP contribution in [0, 0.1) is 36.5 Å². The molecule has 0 amide bonds. The first-order valence-corrected chi connectivity index (χ1v) is 12.6. The summed E-state index contributed by atoms with van der Waals surface area (Å²) >= 11 is 0. The van der Waals surface area contributed by atoms with E-state index in [-0.39, 0.29) is 34.6 Å². The van der Waals surface area contributed by atoms with Gasteiger partial charge in [0.15, 0.2) is 0 Å². The number of aromatic hydroxyl groups is 1. The number of carbonyl (C=O) groups excluding carboxylic acids is 1. The van der Waals surface area contributed by atoms with Crippen LogP contribution in [0.5, 0.6) is 5.75 Å². The highest BCUT2D eigenvalue weighted by molar-refractivity contribution is 5.66. The molecule has 1 aromatic heterocycles. The second-order valence-electron chi connectivity index (χ2n) is 11.4. The summed E-state index contributed by atoms with van der Waals surface area (Å²) in [6.45, 7) is 18.2. The van der Waals surface area contributed by atoms with Crippen LogP contribution < -0.4 is 5.63 Å². The molecule has 1 unspecified atom stereocenters. The van der Waals surface area contributed by atoms with Crippen molar-refractivity contribution in [3.8, 4) is 5.75 Å². The Bertz CT molecular complexity index is 1040. The first kappa shape index (κ1) is 26.3. The van der Waals surface area contributed by atoms with Crippen molar-refractivity contribution in [2.45, 2.75) is 99.5 Å². The topological polar surface area (TPSA) is 76.7 Å².